The van der Waals surface area contributed by atoms with Crippen molar-refractivity contribution in [1.82, 2.24) is 4.90 Å². The molecule has 3 nitrogen and oxygen atoms in total. The Labute approximate surface area is 128 Å². The molecule has 0 heterocycles. The monoisotopic (exact) mass is 288 g/mol. The summed E-state index contributed by atoms with van der Waals surface area (Å²) in [5.41, 5.74) is 8.43. The highest BCUT2D eigenvalue weighted by Gasteiger charge is 2.27. The summed E-state index contributed by atoms with van der Waals surface area (Å²) in [4.78, 5) is 15.0. The molecule has 1 aromatic carbocycles. The fourth-order valence-corrected chi connectivity index (χ4v) is 3.00. The normalized spacial score (nSPS) is 15.6. The van der Waals surface area contributed by atoms with Gasteiger partial charge >= 0.3 is 0 Å². The highest BCUT2D eigenvalue weighted by atomic mass is 16.2. The third kappa shape index (κ3) is 3.99. The first-order valence-corrected chi connectivity index (χ1v) is 8.16. The van der Waals surface area contributed by atoms with Crippen molar-refractivity contribution in [3.63, 3.8) is 0 Å². The standard InChI is InChI=1S/C18H28N2O/c1-13(2)10-11-20(16-6-4-5-7-16)18(21)15-9-8-14(3)17(19)12-15/h8-9,12-13,16H,4-7,10-11,19H2,1-3H3. The number of hydrogen-bond acceptors (Lipinski definition) is 2. The van der Waals surface area contributed by atoms with Crippen LogP contribution in [-0.2, 0) is 0 Å². The van der Waals surface area contributed by atoms with E-state index in [1.165, 1.54) is 12.8 Å². The molecule has 0 aromatic heterocycles. The smallest absolute Gasteiger partial charge is 0.254 e. The number of benzene rings is 1. The molecule has 0 saturated heterocycles. The van der Waals surface area contributed by atoms with Crippen LogP contribution >= 0.6 is 0 Å². The van der Waals surface area contributed by atoms with Gasteiger partial charge < -0.3 is 10.6 Å². The Morgan fingerprint density at radius 1 is 1.33 bits per heavy atom. The van der Waals surface area contributed by atoms with Crippen LogP contribution in [0.4, 0.5) is 5.69 Å². The molecule has 21 heavy (non-hydrogen) atoms. The van der Waals surface area contributed by atoms with Gasteiger partial charge in [-0.3, -0.25) is 4.79 Å². The van der Waals surface area contributed by atoms with E-state index in [9.17, 15) is 4.79 Å². The summed E-state index contributed by atoms with van der Waals surface area (Å²) in [5.74, 6) is 0.763. The van der Waals surface area contributed by atoms with Crippen molar-refractivity contribution in [2.24, 2.45) is 5.92 Å². The zero-order valence-electron chi connectivity index (χ0n) is 13.6. The van der Waals surface area contributed by atoms with Crippen LogP contribution in [0.25, 0.3) is 0 Å². The van der Waals surface area contributed by atoms with E-state index in [0.717, 1.165) is 36.9 Å². The Bertz CT molecular complexity index is 490. The number of hydrogen-bond donors (Lipinski definition) is 1. The van der Waals surface area contributed by atoms with Crippen molar-refractivity contribution in [2.75, 3.05) is 12.3 Å². The molecule has 116 valence electrons. The number of rotatable bonds is 5. The minimum absolute atomic E-state index is 0.147. The number of nitrogens with zero attached hydrogens (tertiary/aromatic N) is 1. The van der Waals surface area contributed by atoms with Gasteiger partial charge in [-0.25, -0.2) is 0 Å². The minimum atomic E-state index is 0.147. The van der Waals surface area contributed by atoms with E-state index in [4.69, 9.17) is 5.73 Å². The lowest BCUT2D eigenvalue weighted by atomic mass is 10.1. The van der Waals surface area contributed by atoms with Gasteiger partial charge in [-0.05, 0) is 49.8 Å². The van der Waals surface area contributed by atoms with Crippen molar-refractivity contribution in [1.29, 1.82) is 0 Å². The molecule has 1 aliphatic carbocycles. The number of aryl methyl sites for hydroxylation is 1. The molecule has 0 atom stereocenters. The topological polar surface area (TPSA) is 46.3 Å². The van der Waals surface area contributed by atoms with Gasteiger partial charge in [0.1, 0.15) is 0 Å². The zero-order valence-corrected chi connectivity index (χ0v) is 13.6. The fraction of sp³-hybridized carbons (Fsp3) is 0.611. The highest BCUT2D eigenvalue weighted by molar-refractivity contribution is 5.95. The Morgan fingerprint density at radius 2 is 2.00 bits per heavy atom. The maximum atomic E-state index is 12.9. The first kappa shape index (κ1) is 15.9. The summed E-state index contributed by atoms with van der Waals surface area (Å²) in [6.45, 7) is 7.24. The number of nitrogens with two attached hydrogens (primary N) is 1. The summed E-state index contributed by atoms with van der Waals surface area (Å²) in [5, 5.41) is 0. The lowest BCUT2D eigenvalue weighted by Crippen LogP contribution is -2.40. The average molecular weight is 288 g/mol. The van der Waals surface area contributed by atoms with Crippen LogP contribution in [-0.4, -0.2) is 23.4 Å². The van der Waals surface area contributed by atoms with E-state index in [1.807, 2.05) is 25.1 Å². The van der Waals surface area contributed by atoms with Crippen molar-refractivity contribution in [3.8, 4) is 0 Å². The molecule has 2 N–H and O–H groups in total. The number of carbonyl (C=O) groups excluding carboxylic acids is 1. The van der Waals surface area contributed by atoms with Crippen LogP contribution in [0.3, 0.4) is 0 Å². The van der Waals surface area contributed by atoms with E-state index >= 15 is 0 Å². The average Bonchev–Trinajstić information content (AvgIpc) is 2.95. The van der Waals surface area contributed by atoms with Crippen LogP contribution in [0.15, 0.2) is 18.2 Å². The second-order valence-corrected chi connectivity index (χ2v) is 6.69. The van der Waals surface area contributed by atoms with Gasteiger partial charge in [-0.2, -0.15) is 0 Å². The summed E-state index contributed by atoms with van der Waals surface area (Å²) in [6.07, 6.45) is 5.83. The predicted molar refractivity (Wildman–Crippen MR) is 88.3 cm³/mol. The van der Waals surface area contributed by atoms with Crippen molar-refractivity contribution in [2.45, 2.75) is 58.9 Å². The van der Waals surface area contributed by atoms with Crippen LogP contribution in [0.1, 0.15) is 61.9 Å². The number of carbonyl (C=O) groups is 1. The van der Waals surface area contributed by atoms with Crippen LogP contribution in [0.2, 0.25) is 0 Å². The van der Waals surface area contributed by atoms with Gasteiger partial charge in [-0.15, -0.1) is 0 Å². The molecule has 2 rings (SSSR count). The quantitative estimate of drug-likeness (QED) is 0.832. The lowest BCUT2D eigenvalue weighted by molar-refractivity contribution is 0.0672. The number of anilines is 1. The largest absolute Gasteiger partial charge is 0.398 e. The third-order valence-electron chi connectivity index (χ3n) is 4.50. The van der Waals surface area contributed by atoms with Crippen molar-refractivity contribution < 1.29 is 4.79 Å². The van der Waals surface area contributed by atoms with E-state index in [1.54, 1.807) is 0 Å². The molecule has 3 heteroatoms. The molecule has 0 radical (unpaired) electrons. The summed E-state index contributed by atoms with van der Waals surface area (Å²) >= 11 is 0. The molecule has 0 aliphatic heterocycles. The van der Waals surface area contributed by atoms with Gasteiger partial charge in [0.25, 0.3) is 5.91 Å². The van der Waals surface area contributed by atoms with Crippen LogP contribution in [0, 0.1) is 12.8 Å². The second kappa shape index (κ2) is 6.97. The van der Waals surface area contributed by atoms with Crippen LogP contribution < -0.4 is 5.73 Å². The minimum Gasteiger partial charge on any atom is -0.398 e. The molecule has 0 bridgehead atoms. The van der Waals surface area contributed by atoms with Gasteiger partial charge in [0.15, 0.2) is 0 Å². The Kier molecular flexibility index (Phi) is 5.27. The third-order valence-corrected chi connectivity index (χ3v) is 4.50. The summed E-state index contributed by atoms with van der Waals surface area (Å²) in [6, 6.07) is 6.09. The summed E-state index contributed by atoms with van der Waals surface area (Å²) < 4.78 is 0. The van der Waals surface area contributed by atoms with Crippen molar-refractivity contribution >= 4 is 11.6 Å². The van der Waals surface area contributed by atoms with Crippen molar-refractivity contribution in [3.05, 3.63) is 29.3 Å². The Balaban J connectivity index is 2.17. The number of nitrogen functional groups attached to an aromatic ring is 1. The highest BCUT2D eigenvalue weighted by Crippen LogP contribution is 2.26. The molecule has 1 aromatic rings. The van der Waals surface area contributed by atoms with E-state index in [-0.39, 0.29) is 5.91 Å². The molecule has 1 amide bonds. The Morgan fingerprint density at radius 3 is 2.57 bits per heavy atom. The van der Waals surface area contributed by atoms with E-state index in [0.29, 0.717) is 17.6 Å². The molecule has 1 fully saturated rings. The zero-order chi connectivity index (χ0) is 15.4. The predicted octanol–water partition coefficient (Wildman–Crippen LogP) is 4.01. The molecular weight excluding hydrogens is 260 g/mol. The second-order valence-electron chi connectivity index (χ2n) is 6.69. The first-order chi connectivity index (χ1) is 9.99. The summed E-state index contributed by atoms with van der Waals surface area (Å²) in [7, 11) is 0. The van der Waals surface area contributed by atoms with Crippen LogP contribution in [0.5, 0.6) is 0 Å². The Hall–Kier alpha value is -1.51. The molecule has 0 unspecified atom stereocenters. The van der Waals surface area contributed by atoms with Gasteiger partial charge in [-0.1, -0.05) is 32.8 Å². The lowest BCUT2D eigenvalue weighted by Gasteiger charge is -2.30. The molecule has 1 aliphatic rings. The maximum Gasteiger partial charge on any atom is 0.254 e. The molecule has 0 spiro atoms. The van der Waals surface area contributed by atoms with Gasteiger partial charge in [0, 0.05) is 23.8 Å². The molecular formula is C18H28N2O. The van der Waals surface area contributed by atoms with E-state index < -0.39 is 0 Å². The molecule has 1 saturated carbocycles. The van der Waals surface area contributed by atoms with Gasteiger partial charge in [0.2, 0.25) is 0 Å². The maximum absolute atomic E-state index is 12.9. The fourth-order valence-electron chi connectivity index (χ4n) is 3.00. The van der Waals surface area contributed by atoms with E-state index in [2.05, 4.69) is 18.7 Å². The first-order valence-electron chi connectivity index (χ1n) is 8.16. The number of amides is 1. The SMILES string of the molecule is Cc1ccc(C(=O)N(CCC(C)C)C2CCCC2)cc1N. The van der Waals surface area contributed by atoms with Gasteiger partial charge in [0.05, 0.1) is 0 Å².